The van der Waals surface area contributed by atoms with Gasteiger partial charge in [-0.15, -0.1) is 22.7 Å². The zero-order valence-corrected chi connectivity index (χ0v) is 29.5. The van der Waals surface area contributed by atoms with Gasteiger partial charge in [0.2, 0.25) is 0 Å². The Morgan fingerprint density at radius 1 is 0.385 bits per heavy atom. The third-order valence-electron chi connectivity index (χ3n) is 10.2. The van der Waals surface area contributed by atoms with Crippen molar-refractivity contribution in [1.29, 1.82) is 0 Å². The lowest BCUT2D eigenvalue weighted by Crippen LogP contribution is -1.93. The van der Waals surface area contributed by atoms with E-state index >= 15 is 0 Å². The maximum absolute atomic E-state index is 4.94. The highest BCUT2D eigenvalue weighted by atomic mass is 32.1. The molecular weight excluding hydrogens is 671 g/mol. The molecule has 0 spiro atoms. The molecule has 52 heavy (non-hydrogen) atoms. The normalized spacial score (nSPS) is 11.8. The van der Waals surface area contributed by atoms with Gasteiger partial charge in [-0.25, -0.2) is 4.98 Å². The minimum atomic E-state index is 1.06. The molecule has 0 saturated carbocycles. The fourth-order valence-corrected chi connectivity index (χ4v) is 9.85. The standard InChI is InChI=1S/C47H29N3S2/c1-2-10-30(11-3-1)31-18-22-34(23-19-31)49-40-15-7-4-12-35(40)37-28-32(20-24-42(37)49)33-21-25-43-38(29-33)36-13-5-8-16-41(36)50(43)46-27-26-45(51-46)47-48-39-14-6-9-17-44(39)52-47/h1-29H. The third kappa shape index (κ3) is 4.60. The second-order valence-electron chi connectivity index (χ2n) is 13.2. The van der Waals surface area contributed by atoms with E-state index in [2.05, 4.69) is 185 Å². The first-order valence-corrected chi connectivity index (χ1v) is 19.1. The Morgan fingerprint density at radius 2 is 0.942 bits per heavy atom. The second kappa shape index (κ2) is 11.6. The molecule has 11 aromatic rings. The van der Waals surface area contributed by atoms with Gasteiger partial charge in [0.25, 0.3) is 0 Å². The monoisotopic (exact) mass is 699 g/mol. The van der Waals surface area contributed by atoms with Crippen molar-refractivity contribution >= 4 is 76.5 Å². The average Bonchev–Trinajstić information content (AvgIpc) is 4.00. The van der Waals surface area contributed by atoms with Crippen molar-refractivity contribution < 1.29 is 0 Å². The summed E-state index contributed by atoms with van der Waals surface area (Å²) in [5.74, 6) is 0. The minimum absolute atomic E-state index is 1.06. The summed E-state index contributed by atoms with van der Waals surface area (Å²) in [6.45, 7) is 0. The molecule has 3 nitrogen and oxygen atoms in total. The van der Waals surface area contributed by atoms with Crippen LogP contribution in [0.1, 0.15) is 0 Å². The molecule has 7 aromatic carbocycles. The summed E-state index contributed by atoms with van der Waals surface area (Å²) in [7, 11) is 0. The number of para-hydroxylation sites is 3. The van der Waals surface area contributed by atoms with E-state index in [-0.39, 0.29) is 0 Å². The lowest BCUT2D eigenvalue weighted by molar-refractivity contribution is 1.18. The van der Waals surface area contributed by atoms with Crippen molar-refractivity contribution in [2.75, 3.05) is 0 Å². The summed E-state index contributed by atoms with van der Waals surface area (Å²) in [6, 6.07) is 63.7. The van der Waals surface area contributed by atoms with Gasteiger partial charge in [0.15, 0.2) is 0 Å². The molecule has 0 unspecified atom stereocenters. The van der Waals surface area contributed by atoms with Gasteiger partial charge in [0.05, 0.1) is 37.2 Å². The van der Waals surface area contributed by atoms with Crippen LogP contribution in [0.2, 0.25) is 0 Å². The number of fused-ring (bicyclic) bond motifs is 7. The van der Waals surface area contributed by atoms with E-state index in [0.29, 0.717) is 0 Å². The van der Waals surface area contributed by atoms with E-state index in [1.165, 1.54) is 80.4 Å². The van der Waals surface area contributed by atoms with E-state index in [9.17, 15) is 0 Å². The Kier molecular flexibility index (Phi) is 6.59. The Bertz CT molecular complexity index is 3090. The summed E-state index contributed by atoms with van der Waals surface area (Å²) in [6.07, 6.45) is 0. The van der Waals surface area contributed by atoms with Crippen LogP contribution in [0, 0.1) is 0 Å². The summed E-state index contributed by atoms with van der Waals surface area (Å²) in [5, 5.41) is 7.28. The predicted molar refractivity (Wildman–Crippen MR) is 222 cm³/mol. The first kappa shape index (κ1) is 29.5. The topological polar surface area (TPSA) is 22.8 Å². The van der Waals surface area contributed by atoms with Crippen LogP contribution in [-0.2, 0) is 0 Å². The molecule has 4 heterocycles. The van der Waals surface area contributed by atoms with E-state index < -0.39 is 0 Å². The van der Waals surface area contributed by atoms with Gasteiger partial charge in [-0.1, -0.05) is 103 Å². The Hall–Kier alpha value is -6.27. The first-order chi connectivity index (χ1) is 25.8. The fraction of sp³-hybridized carbons (Fsp3) is 0. The van der Waals surface area contributed by atoms with Crippen LogP contribution in [0.15, 0.2) is 176 Å². The van der Waals surface area contributed by atoms with Gasteiger partial charge in [0.1, 0.15) is 10.0 Å². The van der Waals surface area contributed by atoms with Crippen molar-refractivity contribution in [3.8, 4) is 42.8 Å². The van der Waals surface area contributed by atoms with Crippen LogP contribution in [0.5, 0.6) is 0 Å². The number of rotatable bonds is 5. The molecule has 0 amide bonds. The molecule has 5 heteroatoms. The van der Waals surface area contributed by atoms with E-state index in [1.807, 2.05) is 0 Å². The molecule has 0 N–H and O–H groups in total. The molecular formula is C47H29N3S2. The first-order valence-electron chi connectivity index (χ1n) is 17.5. The summed E-state index contributed by atoms with van der Waals surface area (Å²) in [5.41, 5.74) is 11.9. The molecule has 0 aliphatic rings. The maximum atomic E-state index is 4.94. The summed E-state index contributed by atoms with van der Waals surface area (Å²) >= 11 is 3.56. The van der Waals surface area contributed by atoms with Crippen LogP contribution in [0.25, 0.3) is 96.7 Å². The summed E-state index contributed by atoms with van der Waals surface area (Å²) < 4.78 is 6.02. The molecule has 0 aliphatic heterocycles. The average molecular weight is 700 g/mol. The Balaban J connectivity index is 1.02. The summed E-state index contributed by atoms with van der Waals surface area (Å²) in [4.78, 5) is 6.13. The quantitative estimate of drug-likeness (QED) is 0.175. The molecule has 0 bridgehead atoms. The number of thiazole rings is 1. The van der Waals surface area contributed by atoms with Crippen LogP contribution < -0.4 is 0 Å². The molecule has 244 valence electrons. The van der Waals surface area contributed by atoms with Gasteiger partial charge < -0.3 is 9.13 Å². The van der Waals surface area contributed by atoms with Crippen molar-refractivity contribution in [2.45, 2.75) is 0 Å². The largest absolute Gasteiger partial charge is 0.309 e. The number of aromatic nitrogens is 3. The second-order valence-corrected chi connectivity index (χ2v) is 15.3. The molecule has 4 aromatic heterocycles. The smallest absolute Gasteiger partial charge is 0.134 e. The molecule has 0 radical (unpaired) electrons. The minimum Gasteiger partial charge on any atom is -0.309 e. The van der Waals surface area contributed by atoms with Gasteiger partial charge in [-0.2, -0.15) is 0 Å². The number of thiophene rings is 1. The fourth-order valence-electron chi connectivity index (χ4n) is 7.79. The Morgan fingerprint density at radius 3 is 1.65 bits per heavy atom. The molecule has 0 aliphatic carbocycles. The molecule has 0 saturated heterocycles. The van der Waals surface area contributed by atoms with E-state index in [0.717, 1.165) is 16.2 Å². The zero-order chi connectivity index (χ0) is 34.2. The van der Waals surface area contributed by atoms with Crippen LogP contribution >= 0.6 is 22.7 Å². The highest BCUT2D eigenvalue weighted by molar-refractivity contribution is 7.26. The SMILES string of the molecule is c1ccc(-c2ccc(-n3c4ccccc4c4cc(-c5ccc6c(c5)c5ccccc5n6-c5ccc(-c6nc7ccccc7s6)s5)ccc43)cc2)cc1. The third-order valence-corrected chi connectivity index (χ3v) is 12.5. The van der Waals surface area contributed by atoms with Crippen molar-refractivity contribution in [2.24, 2.45) is 0 Å². The zero-order valence-electron chi connectivity index (χ0n) is 27.9. The van der Waals surface area contributed by atoms with Crippen molar-refractivity contribution in [3.63, 3.8) is 0 Å². The van der Waals surface area contributed by atoms with Gasteiger partial charge in [-0.3, -0.25) is 0 Å². The lowest BCUT2D eigenvalue weighted by Gasteiger charge is -2.10. The lowest BCUT2D eigenvalue weighted by atomic mass is 10.0. The predicted octanol–water partition coefficient (Wildman–Crippen LogP) is 13.6. The molecule has 0 atom stereocenters. The Labute approximate surface area is 307 Å². The van der Waals surface area contributed by atoms with Gasteiger partial charge >= 0.3 is 0 Å². The van der Waals surface area contributed by atoms with Crippen LogP contribution in [0.4, 0.5) is 0 Å². The van der Waals surface area contributed by atoms with Gasteiger partial charge in [0, 0.05) is 27.2 Å². The number of benzene rings is 7. The van der Waals surface area contributed by atoms with E-state index in [4.69, 9.17) is 4.98 Å². The van der Waals surface area contributed by atoms with Crippen LogP contribution in [-0.4, -0.2) is 14.1 Å². The highest BCUT2D eigenvalue weighted by Crippen LogP contribution is 2.41. The maximum Gasteiger partial charge on any atom is 0.134 e. The van der Waals surface area contributed by atoms with E-state index in [1.54, 1.807) is 22.7 Å². The van der Waals surface area contributed by atoms with Crippen molar-refractivity contribution in [3.05, 3.63) is 176 Å². The number of nitrogens with zero attached hydrogens (tertiary/aromatic N) is 3. The van der Waals surface area contributed by atoms with Gasteiger partial charge in [-0.05, 0) is 95.1 Å². The number of hydrogen-bond donors (Lipinski definition) is 0. The van der Waals surface area contributed by atoms with Crippen LogP contribution in [0.3, 0.4) is 0 Å². The molecule has 0 fully saturated rings. The number of hydrogen-bond acceptors (Lipinski definition) is 3. The molecule has 11 rings (SSSR count). The van der Waals surface area contributed by atoms with Crippen molar-refractivity contribution in [1.82, 2.24) is 14.1 Å². The highest BCUT2D eigenvalue weighted by Gasteiger charge is 2.18.